The third-order valence-electron chi connectivity index (χ3n) is 11.1. The maximum absolute atomic E-state index is 5.29. The summed E-state index contributed by atoms with van der Waals surface area (Å²) in [7, 11) is 0. The van der Waals surface area contributed by atoms with Crippen LogP contribution >= 0.6 is 0 Å². The molecule has 54 heavy (non-hydrogen) atoms. The molecule has 1 aliphatic heterocycles. The number of para-hydroxylation sites is 2. The molecule has 0 fully saturated rings. The first-order valence-corrected chi connectivity index (χ1v) is 18.6. The summed E-state index contributed by atoms with van der Waals surface area (Å²) < 4.78 is 2.39. The molecule has 0 amide bonds. The van der Waals surface area contributed by atoms with Gasteiger partial charge < -0.3 is 9.47 Å². The Morgan fingerprint density at radius 2 is 1.07 bits per heavy atom. The number of hydrogen-bond donors (Lipinski definition) is 0. The van der Waals surface area contributed by atoms with Gasteiger partial charge in [-0.15, -0.1) is 0 Å². The quantitative estimate of drug-likeness (QED) is 0.180. The Bertz CT molecular complexity index is 2940. The van der Waals surface area contributed by atoms with Crippen LogP contribution in [0.4, 0.5) is 11.6 Å². The summed E-state index contributed by atoms with van der Waals surface area (Å²) in [4.78, 5) is 12.8. The highest BCUT2D eigenvalue weighted by atomic mass is 15.3. The molecule has 1 aliphatic carbocycles. The monoisotopic (exact) mass is 690 g/mol. The van der Waals surface area contributed by atoms with Crippen molar-refractivity contribution >= 4 is 44.3 Å². The predicted octanol–water partition coefficient (Wildman–Crippen LogP) is 12.5. The molecular weight excluding hydrogens is 657 g/mol. The molecule has 7 aromatic carbocycles. The predicted molar refractivity (Wildman–Crippen MR) is 224 cm³/mol. The highest BCUT2D eigenvalue weighted by molar-refractivity contribution is 6.10. The largest absolute Gasteiger partial charge is 0.309 e. The molecule has 4 nitrogen and oxygen atoms in total. The molecule has 0 saturated heterocycles. The minimum Gasteiger partial charge on any atom is -0.309 e. The smallest absolute Gasteiger partial charge is 0.231 e. The van der Waals surface area contributed by atoms with E-state index in [1.54, 1.807) is 0 Å². The van der Waals surface area contributed by atoms with Crippen molar-refractivity contribution in [3.05, 3.63) is 200 Å². The molecule has 11 rings (SSSR count). The zero-order valence-electron chi connectivity index (χ0n) is 29.4. The number of hydrogen-bond acceptors (Lipinski definition) is 3. The lowest BCUT2D eigenvalue weighted by Gasteiger charge is -2.27. The lowest BCUT2D eigenvalue weighted by molar-refractivity contribution is 0.731. The second-order valence-electron chi connectivity index (χ2n) is 14.2. The number of anilines is 2. The van der Waals surface area contributed by atoms with Crippen molar-refractivity contribution in [3.8, 4) is 39.2 Å². The Hall–Kier alpha value is -7.04. The average molecular weight is 691 g/mol. The van der Waals surface area contributed by atoms with Crippen LogP contribution in [0.5, 0.6) is 0 Å². The Morgan fingerprint density at radius 1 is 0.444 bits per heavy atom. The van der Waals surface area contributed by atoms with Gasteiger partial charge in [0.05, 0.1) is 28.3 Å². The van der Waals surface area contributed by atoms with Gasteiger partial charge in [-0.1, -0.05) is 146 Å². The Kier molecular flexibility index (Phi) is 6.96. The van der Waals surface area contributed by atoms with E-state index < -0.39 is 0 Å². The molecule has 2 aromatic heterocycles. The molecule has 9 aromatic rings. The van der Waals surface area contributed by atoms with E-state index >= 15 is 0 Å². The van der Waals surface area contributed by atoms with Gasteiger partial charge in [-0.3, -0.25) is 0 Å². The van der Waals surface area contributed by atoms with Crippen LogP contribution in [0.25, 0.3) is 71.9 Å². The molecule has 4 heteroatoms. The van der Waals surface area contributed by atoms with E-state index in [-0.39, 0.29) is 12.0 Å². The van der Waals surface area contributed by atoms with E-state index in [0.29, 0.717) is 0 Å². The fourth-order valence-corrected chi connectivity index (χ4v) is 8.60. The number of fused-ring (bicyclic) bond motifs is 7. The number of nitrogens with zero attached hydrogens (tertiary/aromatic N) is 4. The second kappa shape index (κ2) is 12.3. The van der Waals surface area contributed by atoms with Gasteiger partial charge in [-0.25, -0.2) is 9.97 Å². The van der Waals surface area contributed by atoms with Crippen molar-refractivity contribution in [3.63, 3.8) is 0 Å². The molecule has 2 atom stereocenters. The molecule has 2 aliphatic rings. The van der Waals surface area contributed by atoms with Crippen LogP contribution in [0.3, 0.4) is 0 Å². The van der Waals surface area contributed by atoms with Gasteiger partial charge in [-0.05, 0) is 76.3 Å². The zero-order chi connectivity index (χ0) is 35.6. The van der Waals surface area contributed by atoms with Crippen molar-refractivity contribution in [2.45, 2.75) is 12.0 Å². The number of benzene rings is 7. The zero-order valence-corrected chi connectivity index (χ0v) is 29.4. The van der Waals surface area contributed by atoms with E-state index in [1.807, 2.05) is 6.07 Å². The van der Waals surface area contributed by atoms with E-state index in [1.165, 1.54) is 49.6 Å². The Balaban J connectivity index is 1.02. The molecule has 0 bridgehead atoms. The number of rotatable bonds is 5. The van der Waals surface area contributed by atoms with Crippen LogP contribution in [-0.4, -0.2) is 20.6 Å². The van der Waals surface area contributed by atoms with Crippen molar-refractivity contribution in [1.82, 2.24) is 14.5 Å². The summed E-state index contributed by atoms with van der Waals surface area (Å²) in [6.45, 7) is 0. The average Bonchev–Trinajstić information content (AvgIpc) is 3.76. The fraction of sp³-hybridized carbons (Fsp3) is 0.0400. The summed E-state index contributed by atoms with van der Waals surface area (Å²) >= 11 is 0. The molecule has 0 saturated carbocycles. The first kappa shape index (κ1) is 30.6. The van der Waals surface area contributed by atoms with Crippen molar-refractivity contribution < 1.29 is 0 Å². The summed E-state index contributed by atoms with van der Waals surface area (Å²) in [5.74, 6) is 0.907. The van der Waals surface area contributed by atoms with Gasteiger partial charge in [-0.2, -0.15) is 0 Å². The Morgan fingerprint density at radius 3 is 1.91 bits per heavy atom. The molecule has 0 spiro atoms. The third kappa shape index (κ3) is 4.84. The third-order valence-corrected chi connectivity index (χ3v) is 11.1. The van der Waals surface area contributed by atoms with Crippen LogP contribution in [0.2, 0.25) is 0 Å². The summed E-state index contributed by atoms with van der Waals surface area (Å²) in [5.41, 5.74) is 13.8. The fourth-order valence-electron chi connectivity index (χ4n) is 8.60. The maximum Gasteiger partial charge on any atom is 0.231 e. The van der Waals surface area contributed by atoms with Gasteiger partial charge in [0.25, 0.3) is 0 Å². The lowest BCUT2D eigenvalue weighted by atomic mass is 9.89. The SMILES string of the molecule is C1=CC2c3cc(-c4ccc5c(c4)c4ccccc4n5-c4ccc(-c5ccccc5)cc4)ccc3N(c3nc(-c4ccccc4)c4ccccc4n3)C2C=C1. The van der Waals surface area contributed by atoms with Crippen LogP contribution in [0.15, 0.2) is 194 Å². The van der Waals surface area contributed by atoms with Gasteiger partial charge in [0, 0.05) is 39.0 Å². The highest BCUT2D eigenvalue weighted by Gasteiger charge is 2.39. The van der Waals surface area contributed by atoms with Crippen LogP contribution in [0, 0.1) is 0 Å². The van der Waals surface area contributed by atoms with Gasteiger partial charge in [0.2, 0.25) is 5.95 Å². The van der Waals surface area contributed by atoms with E-state index in [2.05, 4.69) is 198 Å². The minimum absolute atomic E-state index is 0.0822. The summed E-state index contributed by atoms with van der Waals surface area (Å²) in [6, 6.07) is 60.9. The number of allylic oxidation sites excluding steroid dienone is 2. The standard InChI is InChI=1S/C50H34N4/c1-3-13-33(14-4-1)34-23-27-38(28-24-34)53-45-21-11-8-17-39(45)42-31-36(25-29-47(42)53)37-26-30-48-43(32-37)40-18-9-12-22-46(40)54(48)50-51-44-20-10-7-19-41(44)49(52-50)35-15-5-2-6-16-35/h1-32,40,46H. The van der Waals surface area contributed by atoms with Crippen molar-refractivity contribution in [2.24, 2.45) is 0 Å². The van der Waals surface area contributed by atoms with E-state index in [4.69, 9.17) is 9.97 Å². The molecule has 0 N–H and O–H groups in total. The van der Waals surface area contributed by atoms with E-state index in [9.17, 15) is 0 Å². The van der Waals surface area contributed by atoms with Gasteiger partial charge in [0.1, 0.15) is 0 Å². The topological polar surface area (TPSA) is 34.0 Å². The van der Waals surface area contributed by atoms with Crippen LogP contribution in [0.1, 0.15) is 11.5 Å². The van der Waals surface area contributed by atoms with E-state index in [0.717, 1.165) is 39.5 Å². The highest BCUT2D eigenvalue weighted by Crippen LogP contribution is 2.49. The Labute approximate surface area is 313 Å². The summed E-state index contributed by atoms with van der Waals surface area (Å²) in [5, 5.41) is 3.55. The van der Waals surface area contributed by atoms with Crippen LogP contribution < -0.4 is 4.90 Å². The minimum atomic E-state index is 0.0822. The first-order chi connectivity index (χ1) is 26.8. The molecule has 254 valence electrons. The lowest BCUT2D eigenvalue weighted by Crippen LogP contribution is -2.30. The normalized spacial score (nSPS) is 16.0. The molecular formula is C50H34N4. The van der Waals surface area contributed by atoms with Crippen molar-refractivity contribution in [1.29, 1.82) is 0 Å². The maximum atomic E-state index is 5.29. The molecule has 2 unspecified atom stereocenters. The molecule has 0 radical (unpaired) electrons. The van der Waals surface area contributed by atoms with Crippen molar-refractivity contribution in [2.75, 3.05) is 4.90 Å². The van der Waals surface area contributed by atoms with Gasteiger partial charge in [0.15, 0.2) is 0 Å². The first-order valence-electron chi connectivity index (χ1n) is 18.6. The van der Waals surface area contributed by atoms with Crippen LogP contribution in [-0.2, 0) is 0 Å². The summed E-state index contributed by atoms with van der Waals surface area (Å²) in [6.07, 6.45) is 8.94. The molecule has 3 heterocycles. The van der Waals surface area contributed by atoms with Gasteiger partial charge >= 0.3 is 0 Å². The second-order valence-corrected chi connectivity index (χ2v) is 14.2. The number of aromatic nitrogens is 3.